The summed E-state index contributed by atoms with van der Waals surface area (Å²) in [6.45, 7) is 15.8. The van der Waals surface area contributed by atoms with Gasteiger partial charge >= 0.3 is 6.09 Å². The van der Waals surface area contributed by atoms with Crippen LogP contribution in [0.25, 0.3) is 22.4 Å². The lowest BCUT2D eigenvalue weighted by molar-refractivity contribution is -0.143. The van der Waals surface area contributed by atoms with Gasteiger partial charge in [0.15, 0.2) is 5.75 Å². The first-order valence-electron chi connectivity index (χ1n) is 18.5. The summed E-state index contributed by atoms with van der Waals surface area (Å²) in [5, 5.41) is 8.92. The Balaban J connectivity index is 1.34. The van der Waals surface area contributed by atoms with Crippen LogP contribution in [0.1, 0.15) is 72.9 Å². The van der Waals surface area contributed by atoms with Gasteiger partial charge in [0.2, 0.25) is 27.4 Å². The van der Waals surface area contributed by atoms with Crippen LogP contribution >= 0.6 is 0 Å². The summed E-state index contributed by atoms with van der Waals surface area (Å²) in [4.78, 5) is 61.7. The molecule has 1 aromatic carbocycles. The number of hydrogen-bond acceptors (Lipinski definition) is 12. The van der Waals surface area contributed by atoms with Crippen LogP contribution in [-0.2, 0) is 29.1 Å². The van der Waals surface area contributed by atoms with Crippen molar-refractivity contribution in [2.75, 3.05) is 13.7 Å². The van der Waals surface area contributed by atoms with Gasteiger partial charge in [-0.25, -0.2) is 18.2 Å². The summed E-state index contributed by atoms with van der Waals surface area (Å²) < 4.78 is 50.8. The third-order valence-corrected chi connectivity index (χ3v) is 11.9. The Hall–Kier alpha value is -5.19. The van der Waals surface area contributed by atoms with Gasteiger partial charge in [-0.05, 0) is 64.5 Å². The van der Waals surface area contributed by atoms with E-state index < -0.39 is 79.7 Å². The van der Waals surface area contributed by atoms with E-state index >= 15 is 0 Å². The average Bonchev–Trinajstić information content (AvgIpc) is 4.02. The SMILES string of the molecule is C=CC1CC1(NC(=O)C1CC(Oc2cc(-c3cccc(OC)c3)nc3c(C)noc23)CN1C(=O)C(NC(=O)OC(C)(C)C)C(C)(C)C)C(=O)NS(=O)(=O)C1CC1. The molecular weight excluding hydrogens is 745 g/mol. The van der Waals surface area contributed by atoms with Crippen LogP contribution in [0.4, 0.5) is 4.79 Å². The number of nitrogens with one attached hydrogen (secondary N) is 3. The minimum absolute atomic E-state index is 0.0386. The van der Waals surface area contributed by atoms with Crippen molar-refractivity contribution in [3.63, 3.8) is 0 Å². The minimum atomic E-state index is -3.93. The number of benzene rings is 1. The van der Waals surface area contributed by atoms with Crippen LogP contribution in [0.5, 0.6) is 11.5 Å². The number of hydrogen-bond donors (Lipinski definition) is 3. The molecular formula is C39H50N6O10S. The molecule has 302 valence electrons. The molecule has 6 rings (SSSR count). The van der Waals surface area contributed by atoms with E-state index in [9.17, 15) is 27.6 Å². The summed E-state index contributed by atoms with van der Waals surface area (Å²) in [6.07, 6.45) is 0.830. The second-order valence-electron chi connectivity index (χ2n) is 16.8. The number of carbonyl (C=O) groups is 4. The molecule has 3 N–H and O–H groups in total. The minimum Gasteiger partial charge on any atom is -0.497 e. The molecule has 1 aliphatic heterocycles. The van der Waals surface area contributed by atoms with E-state index in [0.29, 0.717) is 35.5 Å². The van der Waals surface area contributed by atoms with Crippen molar-refractivity contribution in [1.82, 2.24) is 30.4 Å². The van der Waals surface area contributed by atoms with Crippen molar-refractivity contribution < 1.29 is 46.3 Å². The van der Waals surface area contributed by atoms with Gasteiger partial charge in [-0.3, -0.25) is 19.1 Å². The molecule has 16 nitrogen and oxygen atoms in total. The molecule has 3 heterocycles. The zero-order valence-corrected chi connectivity index (χ0v) is 33.7. The first-order chi connectivity index (χ1) is 26.2. The smallest absolute Gasteiger partial charge is 0.408 e. The van der Waals surface area contributed by atoms with Crippen LogP contribution in [0, 0.1) is 18.3 Å². The van der Waals surface area contributed by atoms with Crippen LogP contribution in [0.15, 0.2) is 47.5 Å². The molecule has 3 aromatic rings. The number of likely N-dealkylation sites (tertiary alicyclic amines) is 1. The van der Waals surface area contributed by atoms with Gasteiger partial charge in [0, 0.05) is 24.0 Å². The molecule has 2 saturated carbocycles. The van der Waals surface area contributed by atoms with Crippen molar-refractivity contribution >= 4 is 44.9 Å². The number of methoxy groups -OCH3 is 1. The Morgan fingerprint density at radius 3 is 2.43 bits per heavy atom. The largest absolute Gasteiger partial charge is 0.497 e. The Morgan fingerprint density at radius 1 is 1.11 bits per heavy atom. The van der Waals surface area contributed by atoms with Gasteiger partial charge in [0.1, 0.15) is 46.3 Å². The third kappa shape index (κ3) is 8.46. The lowest BCUT2D eigenvalue weighted by Crippen LogP contribution is -2.60. The molecule has 3 aliphatic rings. The number of sulfonamides is 1. The predicted octanol–water partition coefficient (Wildman–Crippen LogP) is 4.16. The maximum absolute atomic E-state index is 14.6. The molecule has 2 aliphatic carbocycles. The number of amides is 4. The van der Waals surface area contributed by atoms with Crippen LogP contribution < -0.4 is 24.8 Å². The predicted molar refractivity (Wildman–Crippen MR) is 205 cm³/mol. The number of aryl methyl sites for hydroxylation is 1. The summed E-state index contributed by atoms with van der Waals surface area (Å²) in [7, 11) is -2.37. The molecule has 1 saturated heterocycles. The third-order valence-electron chi connectivity index (χ3n) is 10.1. The summed E-state index contributed by atoms with van der Waals surface area (Å²) >= 11 is 0. The normalized spacial score (nSPS) is 22.9. The second kappa shape index (κ2) is 14.7. The van der Waals surface area contributed by atoms with Gasteiger partial charge < -0.3 is 34.3 Å². The van der Waals surface area contributed by atoms with Crippen molar-refractivity contribution in [2.45, 2.75) is 109 Å². The first kappa shape index (κ1) is 40.5. The van der Waals surface area contributed by atoms with Gasteiger partial charge in [-0.15, -0.1) is 6.58 Å². The van der Waals surface area contributed by atoms with Crippen LogP contribution in [-0.4, -0.2) is 95.5 Å². The van der Waals surface area contributed by atoms with E-state index in [1.807, 2.05) is 18.2 Å². The number of aromatic nitrogens is 2. The zero-order chi connectivity index (χ0) is 41.0. The number of pyridine rings is 1. The Morgan fingerprint density at radius 2 is 1.82 bits per heavy atom. The van der Waals surface area contributed by atoms with Gasteiger partial charge in [-0.1, -0.05) is 44.1 Å². The summed E-state index contributed by atoms with van der Waals surface area (Å²) in [6, 6.07) is 6.63. The molecule has 5 unspecified atom stereocenters. The van der Waals surface area contributed by atoms with E-state index in [0.717, 1.165) is 5.56 Å². The molecule has 0 spiro atoms. The Bertz CT molecular complexity index is 2170. The Labute approximate surface area is 326 Å². The molecule has 2 aromatic heterocycles. The lowest BCUT2D eigenvalue weighted by Gasteiger charge is -2.36. The van der Waals surface area contributed by atoms with Crippen LogP contribution in [0.3, 0.4) is 0 Å². The standard InChI is InChI=1S/C39H50N6O10S/c1-10-23-19-39(23,35(48)44-56(50,51)26-14-15-26)42-33(46)28-17-25(20-45(28)34(47)32(37(3,4)5)41-36(49)54-38(6,7)8)53-29-18-27(22-12-11-13-24(16-22)52-9)40-30-21(2)43-55-31(29)30/h10-13,16,18,23,25-26,28,32H,1,14-15,17,19-20H2,2-9H3,(H,41,49)(H,42,46)(H,44,48). The quantitative estimate of drug-likeness (QED) is 0.221. The van der Waals surface area contributed by atoms with Gasteiger partial charge in [-0.2, -0.15) is 0 Å². The van der Waals surface area contributed by atoms with E-state index in [1.165, 1.54) is 11.0 Å². The number of alkyl carbamates (subject to hydrolysis) is 1. The van der Waals surface area contributed by atoms with E-state index in [4.69, 9.17) is 23.7 Å². The highest BCUT2D eigenvalue weighted by molar-refractivity contribution is 7.91. The number of ether oxygens (including phenoxy) is 3. The fourth-order valence-corrected chi connectivity index (χ4v) is 8.20. The Kier molecular flexibility index (Phi) is 10.6. The van der Waals surface area contributed by atoms with Crippen molar-refractivity contribution in [3.05, 3.63) is 48.7 Å². The monoisotopic (exact) mass is 794 g/mol. The number of rotatable bonds is 12. The maximum atomic E-state index is 14.6. The first-order valence-corrected chi connectivity index (χ1v) is 20.1. The highest BCUT2D eigenvalue weighted by Gasteiger charge is 2.62. The van der Waals surface area contributed by atoms with Crippen molar-refractivity contribution in [1.29, 1.82) is 0 Å². The van der Waals surface area contributed by atoms with Crippen molar-refractivity contribution in [3.8, 4) is 22.8 Å². The molecule has 5 atom stereocenters. The van der Waals surface area contributed by atoms with E-state index in [-0.39, 0.29) is 30.7 Å². The van der Waals surface area contributed by atoms with Gasteiger partial charge in [0.05, 0.1) is 24.6 Å². The molecule has 0 bridgehead atoms. The maximum Gasteiger partial charge on any atom is 0.408 e. The summed E-state index contributed by atoms with van der Waals surface area (Å²) in [5.74, 6) is -1.83. The second-order valence-corrected chi connectivity index (χ2v) is 18.8. The fraction of sp³-hybridized carbons (Fsp3) is 0.538. The van der Waals surface area contributed by atoms with E-state index in [2.05, 4.69) is 27.1 Å². The highest BCUT2D eigenvalue weighted by atomic mass is 32.2. The number of carbonyl (C=O) groups excluding carboxylic acids is 4. The molecule has 56 heavy (non-hydrogen) atoms. The molecule has 0 radical (unpaired) electrons. The number of nitrogens with zero attached hydrogens (tertiary/aromatic N) is 3. The summed E-state index contributed by atoms with van der Waals surface area (Å²) in [5.41, 5.74) is -0.796. The average molecular weight is 795 g/mol. The number of fused-ring (bicyclic) bond motifs is 1. The molecule has 4 amide bonds. The topological polar surface area (TPSA) is 208 Å². The molecule has 3 fully saturated rings. The fourth-order valence-electron chi connectivity index (χ4n) is 6.83. The van der Waals surface area contributed by atoms with Crippen molar-refractivity contribution in [2.24, 2.45) is 11.3 Å². The van der Waals surface area contributed by atoms with Crippen LogP contribution in [0.2, 0.25) is 0 Å². The van der Waals surface area contributed by atoms with E-state index in [1.54, 1.807) is 67.7 Å². The highest BCUT2D eigenvalue weighted by Crippen LogP contribution is 2.46. The van der Waals surface area contributed by atoms with Gasteiger partial charge in [0.25, 0.3) is 5.91 Å². The lowest BCUT2D eigenvalue weighted by atomic mass is 9.85. The zero-order valence-electron chi connectivity index (χ0n) is 32.9. The molecule has 17 heteroatoms.